The molecule has 0 aliphatic heterocycles. The van der Waals surface area contributed by atoms with E-state index in [0.717, 1.165) is 0 Å². The monoisotopic (exact) mass is 291 g/mol. The molecule has 2 N–H and O–H groups in total. The smallest absolute Gasteiger partial charge is 0.416 e. The highest BCUT2D eigenvalue weighted by molar-refractivity contribution is 6.36. The zero-order valence-corrected chi connectivity index (χ0v) is 9.76. The fourth-order valence-electron chi connectivity index (χ4n) is 1.58. The highest BCUT2D eigenvalue weighted by Gasteiger charge is 2.31. The Morgan fingerprint density at radius 2 is 1.79 bits per heavy atom. The minimum Gasteiger partial charge on any atom is -0.507 e. The summed E-state index contributed by atoms with van der Waals surface area (Å²) in [6.07, 6.45) is -4.67. The maximum Gasteiger partial charge on any atom is 0.416 e. The van der Waals surface area contributed by atoms with E-state index in [1.165, 1.54) is 0 Å². The molecular formula is C11H5ClF3NO3. The van der Waals surface area contributed by atoms with Crippen molar-refractivity contribution in [2.75, 3.05) is 0 Å². The number of aromatic hydroxyl groups is 1. The second kappa shape index (κ2) is 4.27. The van der Waals surface area contributed by atoms with Crippen LogP contribution in [0, 0.1) is 0 Å². The van der Waals surface area contributed by atoms with Gasteiger partial charge in [-0.05, 0) is 12.1 Å². The van der Waals surface area contributed by atoms with E-state index in [-0.39, 0.29) is 10.9 Å². The number of H-pyrrole nitrogens is 1. The predicted molar refractivity (Wildman–Crippen MR) is 62.5 cm³/mol. The summed E-state index contributed by atoms with van der Waals surface area (Å²) in [6, 6.07) is 1.80. The van der Waals surface area contributed by atoms with Crippen molar-refractivity contribution < 1.29 is 18.3 Å². The molecule has 0 radical (unpaired) electrons. The van der Waals surface area contributed by atoms with Gasteiger partial charge < -0.3 is 10.1 Å². The number of aromatic amines is 1. The zero-order chi connectivity index (χ0) is 14.4. The second-order valence-corrected chi connectivity index (χ2v) is 4.13. The molecule has 2 rings (SSSR count). The molecule has 0 saturated heterocycles. The van der Waals surface area contributed by atoms with Crippen LogP contribution in [0.3, 0.4) is 0 Å². The molecule has 0 atom stereocenters. The lowest BCUT2D eigenvalue weighted by atomic mass is 10.1. The first-order valence-corrected chi connectivity index (χ1v) is 5.25. The molecule has 0 saturated carbocycles. The first-order valence-electron chi connectivity index (χ1n) is 4.87. The van der Waals surface area contributed by atoms with Gasteiger partial charge in [0.2, 0.25) is 5.43 Å². The van der Waals surface area contributed by atoms with Gasteiger partial charge in [0.1, 0.15) is 5.75 Å². The number of halogens is 4. The molecule has 0 spiro atoms. The van der Waals surface area contributed by atoms with Gasteiger partial charge in [-0.1, -0.05) is 11.6 Å². The van der Waals surface area contributed by atoms with E-state index in [2.05, 4.69) is 0 Å². The highest BCUT2D eigenvalue weighted by atomic mass is 35.5. The Labute approximate surface area is 108 Å². The van der Waals surface area contributed by atoms with Crippen molar-refractivity contribution in [2.24, 2.45) is 0 Å². The van der Waals surface area contributed by atoms with Gasteiger partial charge in [-0.3, -0.25) is 9.59 Å². The summed E-state index contributed by atoms with van der Waals surface area (Å²) in [5.41, 5.74) is -3.71. The van der Waals surface area contributed by atoms with Gasteiger partial charge in [0.15, 0.2) is 0 Å². The van der Waals surface area contributed by atoms with Crippen LogP contribution in [0.2, 0.25) is 5.02 Å². The largest absolute Gasteiger partial charge is 0.507 e. The average molecular weight is 292 g/mol. The number of fused-ring (bicyclic) bond motifs is 1. The van der Waals surface area contributed by atoms with E-state index >= 15 is 0 Å². The zero-order valence-electron chi connectivity index (χ0n) is 9.01. The normalized spacial score (nSPS) is 11.8. The third kappa shape index (κ3) is 2.41. The molecule has 1 aromatic heterocycles. The lowest BCUT2D eigenvalue weighted by Gasteiger charge is -2.08. The molecule has 19 heavy (non-hydrogen) atoms. The molecule has 0 unspecified atom stereocenters. The molecule has 0 fully saturated rings. The highest BCUT2D eigenvalue weighted by Crippen LogP contribution is 2.36. The number of rotatable bonds is 0. The Kier molecular flexibility index (Phi) is 3.01. The third-order valence-electron chi connectivity index (χ3n) is 2.41. The van der Waals surface area contributed by atoms with E-state index in [9.17, 15) is 27.9 Å². The van der Waals surface area contributed by atoms with Crippen LogP contribution in [0.4, 0.5) is 13.2 Å². The van der Waals surface area contributed by atoms with Gasteiger partial charge in [-0.15, -0.1) is 0 Å². The number of benzene rings is 1. The Balaban J connectivity index is 3.02. The molecular weight excluding hydrogens is 287 g/mol. The van der Waals surface area contributed by atoms with Gasteiger partial charge in [-0.25, -0.2) is 0 Å². The summed E-state index contributed by atoms with van der Waals surface area (Å²) in [7, 11) is 0. The van der Waals surface area contributed by atoms with Crippen LogP contribution in [0.1, 0.15) is 5.56 Å². The van der Waals surface area contributed by atoms with Gasteiger partial charge in [-0.2, -0.15) is 13.2 Å². The van der Waals surface area contributed by atoms with Crippen molar-refractivity contribution in [3.8, 4) is 5.75 Å². The number of aromatic nitrogens is 1. The van der Waals surface area contributed by atoms with Crippen molar-refractivity contribution in [2.45, 2.75) is 6.18 Å². The van der Waals surface area contributed by atoms with Crippen LogP contribution in [0.15, 0.2) is 27.8 Å². The molecule has 0 bridgehead atoms. The van der Waals surface area contributed by atoms with Crippen molar-refractivity contribution >= 4 is 22.5 Å². The number of nitrogens with one attached hydrogen (secondary N) is 1. The lowest BCUT2D eigenvalue weighted by Crippen LogP contribution is -2.22. The van der Waals surface area contributed by atoms with Crippen LogP contribution in [0.25, 0.3) is 10.9 Å². The van der Waals surface area contributed by atoms with Crippen molar-refractivity contribution in [1.82, 2.24) is 4.98 Å². The summed E-state index contributed by atoms with van der Waals surface area (Å²) in [4.78, 5) is 24.4. The van der Waals surface area contributed by atoms with Gasteiger partial charge in [0.05, 0.1) is 21.5 Å². The van der Waals surface area contributed by atoms with E-state index < -0.39 is 33.5 Å². The molecule has 1 aromatic carbocycles. The molecule has 0 aliphatic rings. The summed E-state index contributed by atoms with van der Waals surface area (Å²) in [5, 5.41) is 8.94. The summed E-state index contributed by atoms with van der Waals surface area (Å²) in [5.74, 6) is -0.669. The molecule has 2 aromatic rings. The lowest BCUT2D eigenvalue weighted by molar-refractivity contribution is -0.137. The second-order valence-electron chi connectivity index (χ2n) is 3.73. The van der Waals surface area contributed by atoms with Crippen molar-refractivity contribution in [1.29, 1.82) is 0 Å². The first kappa shape index (κ1) is 13.4. The van der Waals surface area contributed by atoms with Crippen LogP contribution < -0.4 is 11.0 Å². The number of hydrogen-bond acceptors (Lipinski definition) is 3. The van der Waals surface area contributed by atoms with Crippen molar-refractivity contribution in [3.63, 3.8) is 0 Å². The summed E-state index contributed by atoms with van der Waals surface area (Å²) < 4.78 is 37.8. The Morgan fingerprint density at radius 3 is 2.37 bits per heavy atom. The van der Waals surface area contributed by atoms with Gasteiger partial charge >= 0.3 is 6.18 Å². The van der Waals surface area contributed by atoms with Crippen LogP contribution in [-0.2, 0) is 6.18 Å². The average Bonchev–Trinajstić information content (AvgIpc) is 2.35. The topological polar surface area (TPSA) is 70.2 Å². The van der Waals surface area contributed by atoms with Crippen LogP contribution in [0.5, 0.6) is 5.75 Å². The SMILES string of the molecule is O=c1cc(O)c2c(Cl)cc(C(F)(F)F)cc2[nH]c1=O. The maximum atomic E-state index is 12.6. The molecule has 4 nitrogen and oxygen atoms in total. The minimum atomic E-state index is -4.67. The molecule has 8 heteroatoms. The Bertz CT molecular complexity index is 783. The number of alkyl halides is 3. The van der Waals surface area contributed by atoms with E-state index in [1.54, 1.807) is 0 Å². The molecule has 0 aliphatic carbocycles. The van der Waals surface area contributed by atoms with E-state index in [0.29, 0.717) is 18.2 Å². The summed E-state index contributed by atoms with van der Waals surface area (Å²) >= 11 is 5.65. The minimum absolute atomic E-state index is 0.228. The fourth-order valence-corrected chi connectivity index (χ4v) is 1.89. The fraction of sp³-hybridized carbons (Fsp3) is 0.0909. The molecule has 1 heterocycles. The number of hydrogen-bond donors (Lipinski definition) is 2. The first-order chi connectivity index (χ1) is 8.70. The van der Waals surface area contributed by atoms with E-state index in [1.807, 2.05) is 4.98 Å². The predicted octanol–water partition coefficient (Wildman–Crippen LogP) is 2.27. The Hall–Kier alpha value is -2.02. The molecule has 0 amide bonds. The van der Waals surface area contributed by atoms with Gasteiger partial charge in [0, 0.05) is 6.07 Å². The maximum absolute atomic E-state index is 12.6. The summed E-state index contributed by atoms with van der Waals surface area (Å²) in [6.45, 7) is 0. The van der Waals surface area contributed by atoms with E-state index in [4.69, 9.17) is 11.6 Å². The Morgan fingerprint density at radius 1 is 1.16 bits per heavy atom. The third-order valence-corrected chi connectivity index (χ3v) is 2.71. The van der Waals surface area contributed by atoms with Crippen LogP contribution >= 0.6 is 11.6 Å². The molecule has 100 valence electrons. The van der Waals surface area contributed by atoms with Gasteiger partial charge in [0.25, 0.3) is 5.56 Å². The quantitative estimate of drug-likeness (QED) is 0.732. The van der Waals surface area contributed by atoms with Crippen LogP contribution in [-0.4, -0.2) is 10.1 Å². The standard InChI is InChI=1S/C11H5ClF3NO3/c12-5-1-4(11(13,14)15)2-6-9(5)7(17)3-8(18)10(19)16-6/h1-3,17H,(H,16,18,19). The van der Waals surface area contributed by atoms with Crippen molar-refractivity contribution in [3.05, 3.63) is 49.4 Å².